The molecule has 0 aliphatic heterocycles. The molecule has 14 heavy (non-hydrogen) atoms. The number of aromatic nitrogens is 3. The fourth-order valence-corrected chi connectivity index (χ4v) is 1.91. The van der Waals surface area contributed by atoms with Gasteiger partial charge in [-0.3, -0.25) is 0 Å². The topological polar surface area (TPSA) is 64.7 Å². The van der Waals surface area contributed by atoms with Crippen LogP contribution in [0.1, 0.15) is 10.7 Å². The molecule has 0 saturated carbocycles. The highest BCUT2D eigenvalue weighted by molar-refractivity contribution is 7.15. The van der Waals surface area contributed by atoms with Gasteiger partial charge in [-0.25, -0.2) is 15.0 Å². The minimum absolute atomic E-state index is 0.492. The molecule has 2 heterocycles. The molecular weight excluding hydrogens is 196 g/mol. The fourth-order valence-electron chi connectivity index (χ4n) is 1.13. The largest absolute Gasteiger partial charge is 0.383 e. The third-order valence-corrected chi connectivity index (χ3v) is 2.74. The van der Waals surface area contributed by atoms with E-state index in [9.17, 15) is 0 Å². The molecule has 0 aromatic carbocycles. The Morgan fingerprint density at radius 2 is 2.00 bits per heavy atom. The molecule has 2 rings (SSSR count). The summed E-state index contributed by atoms with van der Waals surface area (Å²) in [6.07, 6.45) is 3.54. The molecule has 0 bridgehead atoms. The van der Waals surface area contributed by atoms with Crippen LogP contribution in [0, 0.1) is 13.8 Å². The molecule has 72 valence electrons. The zero-order chi connectivity index (χ0) is 10.1. The smallest absolute Gasteiger partial charge is 0.137 e. The van der Waals surface area contributed by atoms with Gasteiger partial charge in [0.25, 0.3) is 0 Å². The van der Waals surface area contributed by atoms with E-state index in [1.165, 1.54) is 0 Å². The number of hydrogen-bond acceptors (Lipinski definition) is 5. The van der Waals surface area contributed by atoms with E-state index in [2.05, 4.69) is 15.0 Å². The van der Waals surface area contributed by atoms with Gasteiger partial charge in [0.05, 0.1) is 5.56 Å². The number of thiazole rings is 1. The molecule has 0 atom stereocenters. The molecule has 0 unspecified atom stereocenters. The highest BCUT2D eigenvalue weighted by atomic mass is 32.1. The van der Waals surface area contributed by atoms with Gasteiger partial charge in [-0.15, -0.1) is 11.3 Å². The first kappa shape index (κ1) is 9.08. The van der Waals surface area contributed by atoms with Crippen LogP contribution in [0.25, 0.3) is 10.6 Å². The number of anilines is 1. The third kappa shape index (κ3) is 1.58. The van der Waals surface area contributed by atoms with E-state index < -0.39 is 0 Å². The predicted octanol–water partition coefficient (Wildman–Crippen LogP) is 1.80. The Kier molecular flexibility index (Phi) is 2.17. The van der Waals surface area contributed by atoms with Gasteiger partial charge in [0.1, 0.15) is 16.6 Å². The van der Waals surface area contributed by atoms with Gasteiger partial charge in [-0.2, -0.15) is 0 Å². The van der Waals surface area contributed by atoms with Crippen molar-refractivity contribution < 1.29 is 0 Å². The van der Waals surface area contributed by atoms with Gasteiger partial charge in [-0.1, -0.05) is 0 Å². The average Bonchev–Trinajstić information content (AvgIpc) is 2.51. The van der Waals surface area contributed by atoms with Gasteiger partial charge >= 0.3 is 0 Å². The standard InChI is InChI=1S/C9H10N4S/c1-5-3-12-9(14-5)7-4-11-6(2)13-8(7)10/h3-4H,1-2H3,(H2,10,11,13). The third-order valence-electron chi connectivity index (χ3n) is 1.79. The molecule has 2 aromatic heterocycles. The summed E-state index contributed by atoms with van der Waals surface area (Å²) in [5.41, 5.74) is 6.59. The first-order chi connectivity index (χ1) is 6.66. The maximum absolute atomic E-state index is 5.78. The van der Waals surface area contributed by atoms with Gasteiger partial charge < -0.3 is 5.73 Å². The number of hydrogen-bond donors (Lipinski definition) is 1. The Morgan fingerprint density at radius 1 is 1.21 bits per heavy atom. The van der Waals surface area contributed by atoms with Crippen LogP contribution in [0.5, 0.6) is 0 Å². The normalized spacial score (nSPS) is 10.4. The predicted molar refractivity (Wildman–Crippen MR) is 57.0 cm³/mol. The van der Waals surface area contributed by atoms with Crippen LogP contribution in [0.3, 0.4) is 0 Å². The second kappa shape index (κ2) is 3.34. The lowest BCUT2D eigenvalue weighted by Gasteiger charge is -2.00. The quantitative estimate of drug-likeness (QED) is 0.772. The minimum Gasteiger partial charge on any atom is -0.383 e. The molecule has 0 radical (unpaired) electrons. The Bertz CT molecular complexity index is 464. The Balaban J connectivity index is 2.52. The lowest BCUT2D eigenvalue weighted by Crippen LogP contribution is -1.97. The van der Waals surface area contributed by atoms with Crippen molar-refractivity contribution in [1.29, 1.82) is 0 Å². The van der Waals surface area contributed by atoms with E-state index in [-0.39, 0.29) is 0 Å². The van der Waals surface area contributed by atoms with Gasteiger partial charge in [-0.05, 0) is 13.8 Å². The Morgan fingerprint density at radius 3 is 2.57 bits per heavy atom. The van der Waals surface area contributed by atoms with Crippen LogP contribution >= 0.6 is 11.3 Å². The zero-order valence-corrected chi connectivity index (χ0v) is 8.80. The summed E-state index contributed by atoms with van der Waals surface area (Å²) in [5, 5.41) is 0.875. The number of rotatable bonds is 1. The maximum Gasteiger partial charge on any atom is 0.137 e. The first-order valence-electron chi connectivity index (χ1n) is 4.19. The molecule has 2 aromatic rings. The lowest BCUT2D eigenvalue weighted by molar-refractivity contribution is 1.06. The van der Waals surface area contributed by atoms with Crippen molar-refractivity contribution >= 4 is 17.2 Å². The van der Waals surface area contributed by atoms with Crippen molar-refractivity contribution in [1.82, 2.24) is 15.0 Å². The molecule has 2 N–H and O–H groups in total. The summed E-state index contributed by atoms with van der Waals surface area (Å²) in [6, 6.07) is 0. The number of nitrogens with zero attached hydrogens (tertiary/aromatic N) is 3. The monoisotopic (exact) mass is 206 g/mol. The van der Waals surface area contributed by atoms with Crippen LogP contribution in [-0.2, 0) is 0 Å². The average molecular weight is 206 g/mol. The molecule has 4 nitrogen and oxygen atoms in total. The molecule has 0 aliphatic rings. The van der Waals surface area contributed by atoms with E-state index in [1.807, 2.05) is 20.0 Å². The van der Waals surface area contributed by atoms with E-state index in [0.717, 1.165) is 15.4 Å². The molecule has 0 aliphatic carbocycles. The molecule has 0 amide bonds. The van der Waals surface area contributed by atoms with E-state index >= 15 is 0 Å². The Hall–Kier alpha value is -1.49. The maximum atomic E-state index is 5.78. The van der Waals surface area contributed by atoms with Crippen molar-refractivity contribution in [2.45, 2.75) is 13.8 Å². The molecule has 0 saturated heterocycles. The summed E-state index contributed by atoms with van der Waals surface area (Å²) < 4.78 is 0. The molecular formula is C9H10N4S. The number of nitrogen functional groups attached to an aromatic ring is 1. The van der Waals surface area contributed by atoms with Crippen molar-refractivity contribution in [2.75, 3.05) is 5.73 Å². The van der Waals surface area contributed by atoms with Gasteiger partial charge in [0.15, 0.2) is 0 Å². The zero-order valence-electron chi connectivity index (χ0n) is 7.98. The molecule has 0 fully saturated rings. The van der Waals surface area contributed by atoms with Crippen LogP contribution in [0.15, 0.2) is 12.4 Å². The molecule has 5 heteroatoms. The fraction of sp³-hybridized carbons (Fsp3) is 0.222. The summed E-state index contributed by atoms with van der Waals surface area (Å²) in [6.45, 7) is 3.82. The highest BCUT2D eigenvalue weighted by Gasteiger charge is 2.08. The van der Waals surface area contributed by atoms with E-state index in [0.29, 0.717) is 11.6 Å². The van der Waals surface area contributed by atoms with Gasteiger partial charge in [0, 0.05) is 17.3 Å². The second-order valence-electron chi connectivity index (χ2n) is 2.99. The molecule has 0 spiro atoms. The van der Waals surface area contributed by atoms with Crippen LogP contribution in [0.4, 0.5) is 5.82 Å². The van der Waals surface area contributed by atoms with Crippen molar-refractivity contribution in [3.63, 3.8) is 0 Å². The van der Waals surface area contributed by atoms with Crippen molar-refractivity contribution in [2.24, 2.45) is 0 Å². The Labute approximate surface area is 85.9 Å². The number of nitrogens with two attached hydrogens (primary N) is 1. The lowest BCUT2D eigenvalue weighted by atomic mass is 10.3. The highest BCUT2D eigenvalue weighted by Crippen LogP contribution is 2.27. The van der Waals surface area contributed by atoms with Crippen LogP contribution in [-0.4, -0.2) is 15.0 Å². The van der Waals surface area contributed by atoms with Crippen LogP contribution in [0.2, 0.25) is 0 Å². The van der Waals surface area contributed by atoms with Crippen LogP contribution < -0.4 is 5.73 Å². The van der Waals surface area contributed by atoms with E-state index in [4.69, 9.17) is 5.73 Å². The SMILES string of the molecule is Cc1ncc(-c2ncc(C)s2)c(N)n1. The van der Waals surface area contributed by atoms with E-state index in [1.54, 1.807) is 17.5 Å². The minimum atomic E-state index is 0.492. The van der Waals surface area contributed by atoms with Gasteiger partial charge in [0.2, 0.25) is 0 Å². The van der Waals surface area contributed by atoms with Crippen molar-refractivity contribution in [3.05, 3.63) is 23.1 Å². The summed E-state index contributed by atoms with van der Waals surface area (Å²) in [5.74, 6) is 1.17. The summed E-state index contributed by atoms with van der Waals surface area (Å²) >= 11 is 1.59. The summed E-state index contributed by atoms with van der Waals surface area (Å²) in [7, 11) is 0. The second-order valence-corrected chi connectivity index (χ2v) is 4.23. The van der Waals surface area contributed by atoms with Crippen molar-refractivity contribution in [3.8, 4) is 10.6 Å². The number of aryl methyl sites for hydroxylation is 2. The first-order valence-corrected chi connectivity index (χ1v) is 5.00. The summed E-state index contributed by atoms with van der Waals surface area (Å²) in [4.78, 5) is 13.6.